The first-order valence-electron chi connectivity index (χ1n) is 4.85. The summed E-state index contributed by atoms with van der Waals surface area (Å²) in [5.74, 6) is 0. The van der Waals surface area contributed by atoms with Crippen LogP contribution in [0.15, 0.2) is 18.2 Å². The average Bonchev–Trinajstić information content (AvgIpc) is 2.27. The van der Waals surface area contributed by atoms with E-state index < -0.39 is 0 Å². The van der Waals surface area contributed by atoms with Crippen molar-refractivity contribution in [2.75, 3.05) is 23.7 Å². The largest absolute Gasteiger partial charge is 0.383 e. The Hall–Kier alpha value is -0.890. The highest BCUT2D eigenvalue weighted by molar-refractivity contribution is 6.34. The third-order valence-electron chi connectivity index (χ3n) is 2.51. The molecule has 0 aromatic heterocycles. The van der Waals surface area contributed by atoms with Crippen LogP contribution in [0.5, 0.6) is 0 Å². The fourth-order valence-electron chi connectivity index (χ4n) is 1.58. The van der Waals surface area contributed by atoms with Gasteiger partial charge >= 0.3 is 0 Å². The van der Waals surface area contributed by atoms with Gasteiger partial charge in [-0.25, -0.2) is 0 Å². The summed E-state index contributed by atoms with van der Waals surface area (Å²) < 4.78 is 0. The molecule has 3 heteroatoms. The number of hydrogen-bond acceptors (Lipinski definition) is 2. The molecule has 76 valence electrons. The Balaban J connectivity index is 2.34. The number of fused-ring (bicyclic) bond motifs is 1. The molecule has 1 heterocycles. The Labute approximate surface area is 89.7 Å². The topological polar surface area (TPSA) is 24.1 Å². The van der Waals surface area contributed by atoms with Gasteiger partial charge in [0.25, 0.3) is 0 Å². The molecule has 0 spiro atoms. The zero-order valence-corrected chi connectivity index (χ0v) is 9.28. The Kier molecular flexibility index (Phi) is 2.31. The van der Waals surface area contributed by atoms with E-state index in [0.29, 0.717) is 0 Å². The van der Waals surface area contributed by atoms with E-state index in [-0.39, 0.29) is 5.41 Å². The van der Waals surface area contributed by atoms with Crippen LogP contribution in [0.1, 0.15) is 13.8 Å². The number of benzene rings is 1. The van der Waals surface area contributed by atoms with Crippen molar-refractivity contribution in [2.45, 2.75) is 13.8 Å². The van der Waals surface area contributed by atoms with Gasteiger partial charge in [-0.1, -0.05) is 31.5 Å². The van der Waals surface area contributed by atoms with Gasteiger partial charge in [-0.2, -0.15) is 0 Å². The predicted molar refractivity (Wildman–Crippen MR) is 62.2 cm³/mol. The summed E-state index contributed by atoms with van der Waals surface area (Å²) in [6, 6.07) is 5.93. The van der Waals surface area contributed by atoms with E-state index >= 15 is 0 Å². The Morgan fingerprint density at radius 2 is 1.93 bits per heavy atom. The van der Waals surface area contributed by atoms with Gasteiger partial charge in [0.15, 0.2) is 0 Å². The molecule has 0 unspecified atom stereocenters. The molecule has 0 bridgehead atoms. The van der Waals surface area contributed by atoms with E-state index in [1.807, 2.05) is 12.1 Å². The van der Waals surface area contributed by atoms with Crippen molar-refractivity contribution in [3.8, 4) is 0 Å². The van der Waals surface area contributed by atoms with E-state index in [1.165, 1.54) is 0 Å². The Morgan fingerprint density at radius 1 is 1.21 bits per heavy atom. The molecule has 2 N–H and O–H groups in total. The van der Waals surface area contributed by atoms with E-state index in [9.17, 15) is 0 Å². The summed E-state index contributed by atoms with van der Waals surface area (Å²) in [4.78, 5) is 0. The fraction of sp³-hybridized carbons (Fsp3) is 0.455. The molecule has 1 aliphatic rings. The monoisotopic (exact) mass is 210 g/mol. The van der Waals surface area contributed by atoms with Crippen LogP contribution < -0.4 is 10.6 Å². The van der Waals surface area contributed by atoms with Gasteiger partial charge in [-0.3, -0.25) is 0 Å². The summed E-state index contributed by atoms with van der Waals surface area (Å²) in [5.41, 5.74) is 2.38. The normalized spacial score (nSPS) is 18.8. The van der Waals surface area contributed by atoms with Gasteiger partial charge in [0.1, 0.15) is 0 Å². The standard InChI is InChI=1S/C11H15ClN2/c1-11(2)6-13-9-5-3-4-8(12)10(9)14-7-11/h3-5,13-14H,6-7H2,1-2H3. The maximum absolute atomic E-state index is 6.11. The second-order valence-electron chi connectivity index (χ2n) is 4.53. The molecule has 0 atom stereocenters. The average molecular weight is 211 g/mol. The van der Waals surface area contributed by atoms with Crippen molar-refractivity contribution in [3.63, 3.8) is 0 Å². The Morgan fingerprint density at radius 3 is 2.71 bits per heavy atom. The van der Waals surface area contributed by atoms with E-state index in [2.05, 4.69) is 30.5 Å². The first-order chi connectivity index (χ1) is 6.58. The smallest absolute Gasteiger partial charge is 0.0765 e. The minimum Gasteiger partial charge on any atom is -0.383 e. The van der Waals surface area contributed by atoms with E-state index in [1.54, 1.807) is 0 Å². The number of rotatable bonds is 0. The fourth-order valence-corrected chi connectivity index (χ4v) is 1.82. The number of hydrogen-bond donors (Lipinski definition) is 2. The highest BCUT2D eigenvalue weighted by Gasteiger charge is 2.22. The van der Waals surface area contributed by atoms with Gasteiger partial charge in [-0.15, -0.1) is 0 Å². The highest BCUT2D eigenvalue weighted by Crippen LogP contribution is 2.34. The maximum Gasteiger partial charge on any atom is 0.0765 e. The zero-order chi connectivity index (χ0) is 10.2. The van der Waals surface area contributed by atoms with Crippen molar-refractivity contribution < 1.29 is 0 Å². The predicted octanol–water partition coefficient (Wildman–Crippen LogP) is 3.20. The zero-order valence-electron chi connectivity index (χ0n) is 8.52. The minimum atomic E-state index is 0.252. The molecule has 2 nitrogen and oxygen atoms in total. The van der Waals surface area contributed by atoms with Gasteiger partial charge in [-0.05, 0) is 17.5 Å². The molecule has 0 fully saturated rings. The van der Waals surface area contributed by atoms with Crippen LogP contribution >= 0.6 is 11.6 Å². The van der Waals surface area contributed by atoms with Crippen LogP contribution in [0.4, 0.5) is 11.4 Å². The first kappa shape index (κ1) is 9.66. The SMILES string of the molecule is CC1(C)CNc2cccc(Cl)c2NC1. The summed E-state index contributed by atoms with van der Waals surface area (Å²) in [6.45, 7) is 6.36. The van der Waals surface area contributed by atoms with Gasteiger partial charge < -0.3 is 10.6 Å². The number of para-hydroxylation sites is 1. The van der Waals surface area contributed by atoms with E-state index in [4.69, 9.17) is 11.6 Å². The Bertz CT molecular complexity index is 347. The molecule has 0 amide bonds. The van der Waals surface area contributed by atoms with Crippen molar-refractivity contribution >= 4 is 23.0 Å². The first-order valence-corrected chi connectivity index (χ1v) is 5.23. The lowest BCUT2D eigenvalue weighted by Gasteiger charge is -2.21. The lowest BCUT2D eigenvalue weighted by atomic mass is 9.94. The molecule has 0 aliphatic carbocycles. The highest BCUT2D eigenvalue weighted by atomic mass is 35.5. The maximum atomic E-state index is 6.11. The summed E-state index contributed by atoms with van der Waals surface area (Å²) in [7, 11) is 0. The summed E-state index contributed by atoms with van der Waals surface area (Å²) in [5, 5.41) is 7.58. The van der Waals surface area contributed by atoms with Crippen LogP contribution in [0.25, 0.3) is 0 Å². The van der Waals surface area contributed by atoms with Crippen LogP contribution in [-0.4, -0.2) is 13.1 Å². The van der Waals surface area contributed by atoms with Crippen molar-refractivity contribution in [1.82, 2.24) is 0 Å². The second-order valence-corrected chi connectivity index (χ2v) is 4.94. The van der Waals surface area contributed by atoms with Crippen molar-refractivity contribution in [1.29, 1.82) is 0 Å². The molecule has 14 heavy (non-hydrogen) atoms. The number of anilines is 2. The minimum absolute atomic E-state index is 0.252. The molecule has 0 saturated heterocycles. The number of halogens is 1. The molecule has 1 aromatic rings. The lowest BCUT2D eigenvalue weighted by Crippen LogP contribution is -2.27. The van der Waals surface area contributed by atoms with Crippen LogP contribution in [0.3, 0.4) is 0 Å². The van der Waals surface area contributed by atoms with Crippen molar-refractivity contribution in [3.05, 3.63) is 23.2 Å². The van der Waals surface area contributed by atoms with Crippen LogP contribution in [-0.2, 0) is 0 Å². The second kappa shape index (κ2) is 3.35. The number of nitrogens with one attached hydrogen (secondary N) is 2. The molecular formula is C11H15ClN2. The third kappa shape index (κ3) is 1.80. The quantitative estimate of drug-likeness (QED) is 0.687. The van der Waals surface area contributed by atoms with Crippen molar-refractivity contribution in [2.24, 2.45) is 5.41 Å². The molecule has 0 radical (unpaired) electrons. The molecule has 1 aromatic carbocycles. The molecule has 2 rings (SSSR count). The molecular weight excluding hydrogens is 196 g/mol. The molecule has 0 saturated carbocycles. The van der Waals surface area contributed by atoms with Gasteiger partial charge in [0.05, 0.1) is 16.4 Å². The van der Waals surface area contributed by atoms with E-state index in [0.717, 1.165) is 29.5 Å². The van der Waals surface area contributed by atoms with Gasteiger partial charge in [0.2, 0.25) is 0 Å². The third-order valence-corrected chi connectivity index (χ3v) is 2.83. The molecule has 1 aliphatic heterocycles. The lowest BCUT2D eigenvalue weighted by molar-refractivity contribution is 0.423. The summed E-state index contributed by atoms with van der Waals surface area (Å²) >= 11 is 6.11. The van der Waals surface area contributed by atoms with Crippen LogP contribution in [0.2, 0.25) is 5.02 Å². The summed E-state index contributed by atoms with van der Waals surface area (Å²) in [6.07, 6.45) is 0. The van der Waals surface area contributed by atoms with Crippen LogP contribution in [0, 0.1) is 5.41 Å². The van der Waals surface area contributed by atoms with Gasteiger partial charge in [0, 0.05) is 13.1 Å².